The van der Waals surface area contributed by atoms with Gasteiger partial charge in [0.25, 0.3) is 0 Å². The first kappa shape index (κ1) is 24.3. The van der Waals surface area contributed by atoms with E-state index in [1.54, 1.807) is 39.0 Å². The maximum absolute atomic E-state index is 13.0. The number of benzene rings is 3. The molecule has 0 fully saturated rings. The first-order valence-corrected chi connectivity index (χ1v) is 10.5. The van der Waals surface area contributed by atoms with Crippen LogP contribution in [0.3, 0.4) is 0 Å². The second-order valence-corrected chi connectivity index (χ2v) is 8.70. The topological polar surface area (TPSA) is 63.6 Å². The van der Waals surface area contributed by atoms with Crippen LogP contribution in [0.25, 0.3) is 10.8 Å². The van der Waals surface area contributed by atoms with Crippen molar-refractivity contribution in [3.05, 3.63) is 76.9 Å². The number of carbonyl (C=O) groups is 2. The van der Waals surface area contributed by atoms with Crippen molar-refractivity contribution >= 4 is 22.5 Å². The lowest BCUT2D eigenvalue weighted by atomic mass is 9.86. The van der Waals surface area contributed by atoms with Crippen LogP contribution >= 0.6 is 0 Å². The highest BCUT2D eigenvalue weighted by molar-refractivity contribution is 6.05. The van der Waals surface area contributed by atoms with E-state index in [9.17, 15) is 27.9 Å². The number of halogens is 3. The summed E-state index contributed by atoms with van der Waals surface area (Å²) in [6, 6.07) is 14.2. The van der Waals surface area contributed by atoms with Gasteiger partial charge in [-0.3, -0.25) is 9.59 Å². The Morgan fingerprint density at radius 1 is 1.00 bits per heavy atom. The number of aryl methyl sites for hydroxylation is 1. The number of rotatable bonds is 8. The number of Topliss-reactive ketones (excluding diaryl/α,β-unsaturated/α-hetero) is 1. The second kappa shape index (κ2) is 9.25. The van der Waals surface area contributed by atoms with Crippen LogP contribution in [0, 0.1) is 12.3 Å². The number of carbonyl (C=O) groups excluding carboxylic acids is 1. The van der Waals surface area contributed by atoms with Gasteiger partial charge < -0.3 is 9.84 Å². The van der Waals surface area contributed by atoms with E-state index in [-0.39, 0.29) is 25.2 Å². The van der Waals surface area contributed by atoms with Gasteiger partial charge in [0.15, 0.2) is 5.78 Å². The lowest BCUT2D eigenvalue weighted by Crippen LogP contribution is -2.24. The Morgan fingerprint density at radius 2 is 1.70 bits per heavy atom. The Labute approximate surface area is 190 Å². The Hall–Kier alpha value is -3.35. The summed E-state index contributed by atoms with van der Waals surface area (Å²) >= 11 is 0. The van der Waals surface area contributed by atoms with Gasteiger partial charge >= 0.3 is 12.1 Å². The van der Waals surface area contributed by atoms with E-state index in [1.807, 2.05) is 18.2 Å². The van der Waals surface area contributed by atoms with Gasteiger partial charge in [-0.05, 0) is 61.9 Å². The number of carboxylic acid groups (broad SMARTS) is 1. The summed E-state index contributed by atoms with van der Waals surface area (Å²) in [5, 5.41) is 10.9. The molecule has 3 aromatic carbocycles. The number of aliphatic carboxylic acids is 1. The van der Waals surface area contributed by atoms with E-state index in [4.69, 9.17) is 4.74 Å². The molecule has 0 aliphatic heterocycles. The molecular weight excluding hydrogens is 433 g/mol. The Morgan fingerprint density at radius 3 is 2.33 bits per heavy atom. The smallest absolute Gasteiger partial charge is 0.416 e. The van der Waals surface area contributed by atoms with Crippen molar-refractivity contribution in [2.75, 3.05) is 0 Å². The molecule has 0 unspecified atom stereocenters. The van der Waals surface area contributed by atoms with E-state index < -0.39 is 23.1 Å². The van der Waals surface area contributed by atoms with Crippen molar-refractivity contribution in [1.82, 2.24) is 0 Å². The molecule has 3 rings (SSSR count). The molecule has 0 bridgehead atoms. The van der Waals surface area contributed by atoms with E-state index in [0.717, 1.165) is 17.5 Å². The first-order valence-electron chi connectivity index (χ1n) is 10.5. The van der Waals surface area contributed by atoms with Gasteiger partial charge in [0, 0.05) is 11.8 Å². The van der Waals surface area contributed by atoms with Gasteiger partial charge in [0.1, 0.15) is 12.4 Å². The zero-order chi connectivity index (χ0) is 24.4. The highest BCUT2D eigenvalue weighted by Crippen LogP contribution is 2.34. The molecule has 3 aromatic rings. The van der Waals surface area contributed by atoms with Gasteiger partial charge in [-0.25, -0.2) is 0 Å². The molecule has 33 heavy (non-hydrogen) atoms. The van der Waals surface area contributed by atoms with Crippen LogP contribution in [0.4, 0.5) is 13.2 Å². The van der Waals surface area contributed by atoms with Crippen molar-refractivity contribution in [1.29, 1.82) is 0 Å². The fourth-order valence-corrected chi connectivity index (χ4v) is 3.47. The van der Waals surface area contributed by atoms with Crippen LogP contribution in [0.5, 0.6) is 5.75 Å². The van der Waals surface area contributed by atoms with Gasteiger partial charge in [-0.2, -0.15) is 13.2 Å². The van der Waals surface area contributed by atoms with Crippen LogP contribution in [-0.4, -0.2) is 16.9 Å². The molecular formula is C26H25F3O4. The first-order chi connectivity index (χ1) is 15.4. The number of ketones is 1. The maximum atomic E-state index is 13.0. The third kappa shape index (κ3) is 5.53. The van der Waals surface area contributed by atoms with Crippen molar-refractivity contribution < 1.29 is 32.6 Å². The second-order valence-electron chi connectivity index (χ2n) is 8.70. The van der Waals surface area contributed by atoms with E-state index in [0.29, 0.717) is 27.8 Å². The van der Waals surface area contributed by atoms with Crippen LogP contribution in [0.1, 0.15) is 53.7 Å². The highest BCUT2D eigenvalue weighted by Gasteiger charge is 2.31. The molecule has 0 heterocycles. The molecule has 4 nitrogen and oxygen atoms in total. The molecule has 0 amide bonds. The van der Waals surface area contributed by atoms with Gasteiger partial charge in [0.2, 0.25) is 0 Å². The lowest BCUT2D eigenvalue weighted by Gasteiger charge is -2.19. The van der Waals surface area contributed by atoms with Crippen molar-refractivity contribution in [2.45, 2.75) is 46.4 Å². The average Bonchev–Trinajstić information content (AvgIpc) is 2.75. The van der Waals surface area contributed by atoms with Crippen molar-refractivity contribution in [3.8, 4) is 5.75 Å². The average molecular weight is 458 g/mol. The quantitative estimate of drug-likeness (QED) is 0.376. The van der Waals surface area contributed by atoms with Crippen LogP contribution < -0.4 is 4.74 Å². The molecule has 0 spiro atoms. The molecule has 7 heteroatoms. The number of hydrogen-bond acceptors (Lipinski definition) is 3. The lowest BCUT2D eigenvalue weighted by molar-refractivity contribution is -0.147. The summed E-state index contributed by atoms with van der Waals surface area (Å²) in [4.78, 5) is 24.4. The molecule has 174 valence electrons. The normalized spacial score (nSPS) is 12.1. The monoisotopic (exact) mass is 458 g/mol. The van der Waals surface area contributed by atoms with Crippen LogP contribution in [-0.2, 0) is 17.6 Å². The van der Waals surface area contributed by atoms with Crippen LogP contribution in [0.15, 0.2) is 54.6 Å². The van der Waals surface area contributed by atoms with Gasteiger partial charge in [-0.1, -0.05) is 36.4 Å². The number of hydrogen-bond donors (Lipinski definition) is 1. The minimum atomic E-state index is -4.43. The molecule has 0 aliphatic rings. The minimum absolute atomic E-state index is 0.0150. The van der Waals surface area contributed by atoms with Crippen molar-refractivity contribution in [2.24, 2.45) is 5.41 Å². The number of alkyl halides is 3. The van der Waals surface area contributed by atoms with Gasteiger partial charge in [-0.15, -0.1) is 0 Å². The highest BCUT2D eigenvalue weighted by atomic mass is 19.4. The zero-order valence-electron chi connectivity index (χ0n) is 18.6. The number of carboxylic acids is 1. The largest absolute Gasteiger partial charge is 0.487 e. The molecule has 1 N–H and O–H groups in total. The predicted octanol–water partition coefficient (Wildman–Crippen LogP) is 6.82. The Balaban J connectivity index is 1.91. The Bertz CT molecular complexity index is 1200. The summed E-state index contributed by atoms with van der Waals surface area (Å²) < 4.78 is 44.9. The van der Waals surface area contributed by atoms with Crippen LogP contribution in [0.2, 0.25) is 0 Å². The molecule has 0 aromatic heterocycles. The Kier molecular flexibility index (Phi) is 6.81. The fourth-order valence-electron chi connectivity index (χ4n) is 3.47. The number of ether oxygens (including phenoxy) is 1. The van der Waals surface area contributed by atoms with E-state index in [1.165, 1.54) is 6.07 Å². The molecule has 0 saturated heterocycles. The van der Waals surface area contributed by atoms with E-state index in [2.05, 4.69) is 0 Å². The van der Waals surface area contributed by atoms with Gasteiger partial charge in [0.05, 0.1) is 16.5 Å². The number of fused-ring (bicyclic) bond motifs is 1. The third-order valence-corrected chi connectivity index (χ3v) is 5.78. The molecule has 0 atom stereocenters. The maximum Gasteiger partial charge on any atom is 0.416 e. The zero-order valence-corrected chi connectivity index (χ0v) is 18.6. The van der Waals surface area contributed by atoms with E-state index >= 15 is 0 Å². The summed E-state index contributed by atoms with van der Waals surface area (Å²) in [5.41, 5.74) is -0.460. The molecule has 0 radical (unpaired) electrons. The third-order valence-electron chi connectivity index (χ3n) is 5.78. The molecule has 0 saturated carbocycles. The summed E-state index contributed by atoms with van der Waals surface area (Å²) in [7, 11) is 0. The SMILES string of the molecule is Cc1cc(C(F)(F)F)ccc1COc1c(C(=O)CCC(C)(C)C(=O)O)ccc2ccccc12. The minimum Gasteiger partial charge on any atom is -0.487 e. The van der Waals surface area contributed by atoms with Crippen molar-refractivity contribution in [3.63, 3.8) is 0 Å². The standard InChI is InChI=1S/C26H25F3O4/c1-16-14-19(26(27,28)29)10-8-18(16)15-33-23-20-7-5-4-6-17(20)9-11-21(23)22(30)12-13-25(2,3)24(31)32/h4-11,14H,12-13,15H2,1-3H3,(H,31,32). The summed E-state index contributed by atoms with van der Waals surface area (Å²) in [6.07, 6.45) is -4.25. The summed E-state index contributed by atoms with van der Waals surface area (Å²) in [5.74, 6) is -0.900. The molecule has 0 aliphatic carbocycles. The predicted molar refractivity (Wildman–Crippen MR) is 119 cm³/mol. The fraction of sp³-hybridized carbons (Fsp3) is 0.308. The summed E-state index contributed by atoms with van der Waals surface area (Å²) in [6.45, 7) is 4.69.